The van der Waals surface area contributed by atoms with Crippen molar-refractivity contribution in [2.24, 2.45) is 0 Å². The summed E-state index contributed by atoms with van der Waals surface area (Å²) in [4.78, 5) is 12.4. The number of amides is 1. The van der Waals surface area contributed by atoms with E-state index in [9.17, 15) is 26.4 Å². The summed E-state index contributed by atoms with van der Waals surface area (Å²) >= 11 is 0. The van der Waals surface area contributed by atoms with Crippen molar-refractivity contribution in [3.8, 4) is 5.69 Å². The van der Waals surface area contributed by atoms with E-state index in [1.54, 1.807) is 0 Å². The van der Waals surface area contributed by atoms with Crippen LogP contribution in [0.25, 0.3) is 5.69 Å². The number of aryl methyl sites for hydroxylation is 1. The average molecular weight is 386 g/mol. The molecule has 25 heavy (non-hydrogen) atoms. The van der Waals surface area contributed by atoms with Crippen LogP contribution >= 0.6 is 0 Å². The van der Waals surface area contributed by atoms with Gasteiger partial charge in [0.15, 0.2) is 5.69 Å². The van der Waals surface area contributed by atoms with Crippen LogP contribution in [0.1, 0.15) is 18.3 Å². The van der Waals surface area contributed by atoms with E-state index < -0.39 is 27.8 Å². The second-order valence-electron chi connectivity index (χ2n) is 4.86. The Labute approximate surface area is 163 Å². The molecule has 2 aromatic rings. The Bertz CT molecular complexity index is 864. The third kappa shape index (κ3) is 5.28. The van der Waals surface area contributed by atoms with Crippen molar-refractivity contribution in [1.82, 2.24) is 20.0 Å². The number of carbonyl (C=O) groups is 1. The van der Waals surface area contributed by atoms with Gasteiger partial charge in [0.1, 0.15) is 0 Å². The first-order chi connectivity index (χ1) is 11.0. The van der Waals surface area contributed by atoms with Crippen molar-refractivity contribution in [2.75, 3.05) is 0 Å². The van der Waals surface area contributed by atoms with Gasteiger partial charge in [0.25, 0.3) is 10.0 Å². The van der Waals surface area contributed by atoms with Crippen LogP contribution in [0, 0.1) is 6.92 Å². The second kappa shape index (κ2) is 7.87. The van der Waals surface area contributed by atoms with E-state index in [1.165, 1.54) is 31.2 Å². The van der Waals surface area contributed by atoms with Crippen LogP contribution < -0.4 is 10.3 Å². The van der Waals surface area contributed by atoms with Gasteiger partial charge >= 0.3 is 35.7 Å². The molecule has 0 spiro atoms. The Hall–Kier alpha value is -1.40. The normalized spacial score (nSPS) is 11.7. The molecule has 0 saturated carbocycles. The fourth-order valence-electron chi connectivity index (χ4n) is 1.84. The van der Waals surface area contributed by atoms with Crippen LogP contribution in [-0.4, -0.2) is 53.7 Å². The van der Waals surface area contributed by atoms with Gasteiger partial charge in [-0.25, -0.2) is 13.1 Å². The SMILES string of the molecule is CC(=O)NNS(=O)(=O)c1ccc(-n2nc(C(F)(F)F)cc2C)cc1.[NaH]. The minimum atomic E-state index is -4.57. The van der Waals surface area contributed by atoms with Gasteiger partial charge in [-0.15, -0.1) is 4.83 Å². The maximum atomic E-state index is 12.7. The van der Waals surface area contributed by atoms with E-state index in [0.29, 0.717) is 0 Å². The van der Waals surface area contributed by atoms with Gasteiger partial charge in [-0.2, -0.15) is 18.3 Å². The standard InChI is InChI=1S/C13H13F3N4O3S.Na.H/c1-8-7-12(13(14,15)16)18-20(8)10-3-5-11(6-4-10)24(22,23)19-17-9(2)21;;/h3-7,19H,1-2H3,(H,17,21);;. The number of halogens is 3. The number of carbonyl (C=O) groups excluding carboxylic acids is 1. The first-order valence-electron chi connectivity index (χ1n) is 6.53. The summed E-state index contributed by atoms with van der Waals surface area (Å²) in [6, 6.07) is 5.88. The average Bonchev–Trinajstić information content (AvgIpc) is 2.87. The van der Waals surface area contributed by atoms with Crippen LogP contribution in [0.4, 0.5) is 13.2 Å². The van der Waals surface area contributed by atoms with E-state index in [-0.39, 0.29) is 45.8 Å². The molecule has 0 aliphatic carbocycles. The maximum absolute atomic E-state index is 12.7. The molecule has 132 valence electrons. The van der Waals surface area contributed by atoms with E-state index in [0.717, 1.165) is 17.7 Å². The number of hydrogen-bond acceptors (Lipinski definition) is 4. The number of benzene rings is 1. The molecule has 1 aromatic heterocycles. The van der Waals surface area contributed by atoms with Crippen LogP contribution in [0.15, 0.2) is 35.2 Å². The van der Waals surface area contributed by atoms with Gasteiger partial charge in [0.05, 0.1) is 10.6 Å². The number of nitrogens with zero attached hydrogens (tertiary/aromatic N) is 2. The van der Waals surface area contributed by atoms with Crippen molar-refractivity contribution >= 4 is 45.5 Å². The Kier molecular flexibility index (Phi) is 6.81. The van der Waals surface area contributed by atoms with E-state index in [1.807, 2.05) is 10.3 Å². The monoisotopic (exact) mass is 386 g/mol. The summed E-state index contributed by atoms with van der Waals surface area (Å²) in [6.45, 7) is 2.58. The predicted octanol–water partition coefficient (Wildman–Crippen LogP) is 0.880. The Balaban J connectivity index is 0.00000312. The third-order valence-corrected chi connectivity index (χ3v) is 4.19. The molecule has 0 atom stereocenters. The fraction of sp³-hybridized carbons (Fsp3) is 0.231. The number of alkyl halides is 3. The summed E-state index contributed by atoms with van der Waals surface area (Å²) in [5, 5.41) is 3.47. The molecule has 12 heteroatoms. The molecule has 0 unspecified atom stereocenters. The molecule has 1 amide bonds. The first kappa shape index (κ1) is 21.6. The zero-order valence-corrected chi connectivity index (χ0v) is 13.4. The molecule has 0 aliphatic rings. The Morgan fingerprint density at radius 2 is 1.76 bits per heavy atom. The van der Waals surface area contributed by atoms with Gasteiger partial charge in [0, 0.05) is 12.6 Å². The van der Waals surface area contributed by atoms with Gasteiger partial charge in [-0.05, 0) is 37.3 Å². The number of hydrazine groups is 1. The number of nitrogens with one attached hydrogen (secondary N) is 2. The van der Waals surface area contributed by atoms with Crippen molar-refractivity contribution in [1.29, 1.82) is 0 Å². The van der Waals surface area contributed by atoms with Crippen LogP contribution in [0.5, 0.6) is 0 Å². The molecular weight excluding hydrogens is 372 g/mol. The molecule has 0 bridgehead atoms. The molecular formula is C13H14F3N4NaO3S. The van der Waals surface area contributed by atoms with Gasteiger partial charge in [0.2, 0.25) is 5.91 Å². The number of aromatic nitrogens is 2. The van der Waals surface area contributed by atoms with Crippen molar-refractivity contribution in [2.45, 2.75) is 24.9 Å². The van der Waals surface area contributed by atoms with Gasteiger partial charge in [-0.1, -0.05) is 0 Å². The van der Waals surface area contributed by atoms with Crippen LogP contribution in [0.3, 0.4) is 0 Å². The molecule has 1 aromatic carbocycles. The van der Waals surface area contributed by atoms with Gasteiger partial charge < -0.3 is 0 Å². The number of sulfonamides is 1. The van der Waals surface area contributed by atoms with E-state index in [2.05, 4.69) is 5.10 Å². The molecule has 0 radical (unpaired) electrons. The summed E-state index contributed by atoms with van der Waals surface area (Å²) in [5.41, 5.74) is 1.41. The Morgan fingerprint density at radius 3 is 2.20 bits per heavy atom. The molecule has 1 heterocycles. The summed E-state index contributed by atoms with van der Waals surface area (Å²) in [7, 11) is -3.97. The molecule has 0 saturated heterocycles. The summed E-state index contributed by atoms with van der Waals surface area (Å²) < 4.78 is 62.8. The number of hydrogen-bond donors (Lipinski definition) is 2. The van der Waals surface area contributed by atoms with Crippen molar-refractivity contribution in [3.05, 3.63) is 41.7 Å². The summed E-state index contributed by atoms with van der Waals surface area (Å²) in [6.07, 6.45) is -4.57. The molecule has 2 rings (SSSR count). The molecule has 0 aliphatic heterocycles. The topological polar surface area (TPSA) is 93.1 Å². The fourth-order valence-corrected chi connectivity index (χ4v) is 2.73. The van der Waals surface area contributed by atoms with Gasteiger partial charge in [-0.3, -0.25) is 10.2 Å². The van der Waals surface area contributed by atoms with Crippen molar-refractivity contribution < 1.29 is 26.4 Å². The zero-order chi connectivity index (χ0) is 18.1. The van der Waals surface area contributed by atoms with Crippen LogP contribution in [0.2, 0.25) is 0 Å². The molecule has 2 N–H and O–H groups in total. The van der Waals surface area contributed by atoms with Crippen molar-refractivity contribution in [3.63, 3.8) is 0 Å². The Morgan fingerprint density at radius 1 is 1.20 bits per heavy atom. The first-order valence-corrected chi connectivity index (χ1v) is 8.02. The number of rotatable bonds is 4. The molecule has 7 nitrogen and oxygen atoms in total. The van der Waals surface area contributed by atoms with E-state index in [4.69, 9.17) is 0 Å². The quantitative estimate of drug-likeness (QED) is 0.603. The third-order valence-electron chi connectivity index (χ3n) is 2.93. The molecule has 0 fully saturated rings. The predicted molar refractivity (Wildman–Crippen MR) is 84.6 cm³/mol. The van der Waals surface area contributed by atoms with Crippen LogP contribution in [-0.2, 0) is 21.0 Å². The summed E-state index contributed by atoms with van der Waals surface area (Å²) in [5.74, 6) is -0.595. The zero-order valence-electron chi connectivity index (χ0n) is 12.5. The minimum absolute atomic E-state index is 0. The second-order valence-corrected chi connectivity index (χ2v) is 6.54. The van der Waals surface area contributed by atoms with E-state index >= 15 is 0 Å².